The fourth-order valence-electron chi connectivity index (χ4n) is 2.07. The molecule has 0 unspecified atom stereocenters. The maximum absolute atomic E-state index is 13.5. The maximum atomic E-state index is 13.5. The molecule has 19 heavy (non-hydrogen) atoms. The average Bonchev–Trinajstić information content (AvgIpc) is 2.37. The number of pyridine rings is 1. The van der Waals surface area contributed by atoms with Gasteiger partial charge in [-0.15, -0.1) is 0 Å². The van der Waals surface area contributed by atoms with Gasteiger partial charge in [-0.3, -0.25) is 4.98 Å². The quantitative estimate of drug-likeness (QED) is 0.864. The van der Waals surface area contributed by atoms with E-state index in [0.717, 1.165) is 5.56 Å². The fraction of sp³-hybridized carbons (Fsp3) is 0.286. The summed E-state index contributed by atoms with van der Waals surface area (Å²) in [6.45, 7) is 3.79. The molecule has 1 N–H and O–H groups in total. The number of nitrogens with zero attached hydrogens (tertiary/aromatic N) is 1. The Hall–Kier alpha value is -2.17. The largest absolute Gasteiger partial charge is 0.462 e. The fourth-order valence-corrected chi connectivity index (χ4v) is 2.07. The van der Waals surface area contributed by atoms with Gasteiger partial charge >= 0.3 is 5.97 Å². The second-order valence-electron chi connectivity index (χ2n) is 4.14. The molecular weight excluding hydrogens is 247 g/mol. The number of benzene rings is 1. The van der Waals surface area contributed by atoms with Crippen molar-refractivity contribution in [3.05, 3.63) is 35.3 Å². The molecule has 4 nitrogen and oxygen atoms in total. The standard InChI is InChI=1S/C14H15FN2O2/c1-4-19-14(18)11-7-17-12-8(2)5-9(15)6-10(12)13(11)16-3/h5-7H,4H2,1-3H3,(H,16,17). The highest BCUT2D eigenvalue weighted by atomic mass is 19.1. The second-order valence-corrected chi connectivity index (χ2v) is 4.14. The zero-order valence-electron chi connectivity index (χ0n) is 11.1. The van der Waals surface area contributed by atoms with Crippen molar-refractivity contribution in [1.29, 1.82) is 0 Å². The minimum atomic E-state index is -0.469. The third kappa shape index (κ3) is 2.36. The highest BCUT2D eigenvalue weighted by Crippen LogP contribution is 2.28. The lowest BCUT2D eigenvalue weighted by atomic mass is 10.1. The first-order valence-electron chi connectivity index (χ1n) is 6.02. The number of anilines is 1. The van der Waals surface area contributed by atoms with Gasteiger partial charge in [-0.2, -0.15) is 0 Å². The molecule has 0 saturated carbocycles. The molecule has 1 heterocycles. The molecule has 0 spiro atoms. The van der Waals surface area contributed by atoms with E-state index >= 15 is 0 Å². The van der Waals surface area contributed by atoms with Crippen molar-refractivity contribution in [3.63, 3.8) is 0 Å². The molecule has 0 fully saturated rings. The van der Waals surface area contributed by atoms with Crippen molar-refractivity contribution in [2.24, 2.45) is 0 Å². The van der Waals surface area contributed by atoms with Crippen molar-refractivity contribution < 1.29 is 13.9 Å². The molecule has 0 radical (unpaired) electrons. The van der Waals surface area contributed by atoms with Gasteiger partial charge in [0.2, 0.25) is 0 Å². The Labute approximate surface area is 110 Å². The van der Waals surface area contributed by atoms with Crippen LogP contribution >= 0.6 is 0 Å². The molecule has 2 rings (SSSR count). The SMILES string of the molecule is CCOC(=O)c1cnc2c(C)cc(F)cc2c1NC. The van der Waals surface area contributed by atoms with E-state index in [4.69, 9.17) is 4.74 Å². The summed E-state index contributed by atoms with van der Waals surface area (Å²) >= 11 is 0. The Kier molecular flexibility index (Phi) is 3.64. The maximum Gasteiger partial charge on any atom is 0.341 e. The lowest BCUT2D eigenvalue weighted by Gasteiger charge is -2.12. The summed E-state index contributed by atoms with van der Waals surface area (Å²) in [4.78, 5) is 16.1. The second kappa shape index (κ2) is 5.22. The smallest absolute Gasteiger partial charge is 0.341 e. The minimum absolute atomic E-state index is 0.280. The van der Waals surface area contributed by atoms with Crippen molar-refractivity contribution in [3.8, 4) is 0 Å². The number of aromatic nitrogens is 1. The van der Waals surface area contributed by atoms with Crippen LogP contribution in [0.2, 0.25) is 0 Å². The van der Waals surface area contributed by atoms with E-state index in [9.17, 15) is 9.18 Å². The number of carbonyl (C=O) groups excluding carboxylic acids is 1. The minimum Gasteiger partial charge on any atom is -0.462 e. The van der Waals surface area contributed by atoms with E-state index < -0.39 is 5.97 Å². The number of carbonyl (C=O) groups is 1. The van der Waals surface area contributed by atoms with Crippen LogP contribution in [0.3, 0.4) is 0 Å². The van der Waals surface area contributed by atoms with Crippen LogP contribution in [-0.2, 0) is 4.74 Å². The van der Waals surface area contributed by atoms with Gasteiger partial charge in [0.1, 0.15) is 11.4 Å². The van der Waals surface area contributed by atoms with Gasteiger partial charge in [0.15, 0.2) is 0 Å². The van der Waals surface area contributed by atoms with Crippen LogP contribution in [0.25, 0.3) is 10.9 Å². The molecule has 2 aromatic rings. The molecule has 100 valence electrons. The number of hydrogen-bond acceptors (Lipinski definition) is 4. The first-order chi connectivity index (χ1) is 9.08. The highest BCUT2D eigenvalue weighted by molar-refractivity contribution is 6.05. The summed E-state index contributed by atoms with van der Waals surface area (Å²) in [6, 6.07) is 2.78. The summed E-state index contributed by atoms with van der Waals surface area (Å²) < 4.78 is 18.5. The number of fused-ring (bicyclic) bond motifs is 1. The number of halogens is 1. The number of ether oxygens (including phenoxy) is 1. The molecule has 0 aliphatic carbocycles. The number of aryl methyl sites for hydroxylation is 1. The first-order valence-corrected chi connectivity index (χ1v) is 6.02. The van der Waals surface area contributed by atoms with E-state index in [1.807, 2.05) is 0 Å². The van der Waals surface area contributed by atoms with E-state index in [0.29, 0.717) is 22.2 Å². The van der Waals surface area contributed by atoms with Gasteiger partial charge in [-0.25, -0.2) is 9.18 Å². The zero-order valence-corrected chi connectivity index (χ0v) is 11.1. The van der Waals surface area contributed by atoms with Crippen molar-refractivity contribution in [2.45, 2.75) is 13.8 Å². The van der Waals surface area contributed by atoms with Gasteiger partial charge in [-0.05, 0) is 31.5 Å². The third-order valence-electron chi connectivity index (χ3n) is 2.87. The van der Waals surface area contributed by atoms with Gasteiger partial charge in [0, 0.05) is 18.6 Å². The topological polar surface area (TPSA) is 51.2 Å². The van der Waals surface area contributed by atoms with Gasteiger partial charge in [-0.1, -0.05) is 0 Å². The number of nitrogens with one attached hydrogen (secondary N) is 1. The highest BCUT2D eigenvalue weighted by Gasteiger charge is 2.17. The molecule has 1 aromatic heterocycles. The third-order valence-corrected chi connectivity index (χ3v) is 2.87. The van der Waals surface area contributed by atoms with Crippen molar-refractivity contribution in [1.82, 2.24) is 4.98 Å². The molecule has 0 aliphatic rings. The summed E-state index contributed by atoms with van der Waals surface area (Å²) in [7, 11) is 1.68. The Balaban J connectivity index is 2.72. The van der Waals surface area contributed by atoms with Gasteiger partial charge in [0.05, 0.1) is 17.8 Å². The van der Waals surface area contributed by atoms with Crippen LogP contribution in [0.1, 0.15) is 22.8 Å². The Bertz CT molecular complexity index is 641. The molecule has 5 heteroatoms. The van der Waals surface area contributed by atoms with E-state index in [1.54, 1.807) is 20.9 Å². The summed E-state index contributed by atoms with van der Waals surface area (Å²) in [6.07, 6.45) is 1.46. The van der Waals surface area contributed by atoms with E-state index in [-0.39, 0.29) is 12.4 Å². The van der Waals surface area contributed by atoms with Crippen LogP contribution in [0, 0.1) is 12.7 Å². The van der Waals surface area contributed by atoms with Crippen LogP contribution in [0.4, 0.5) is 10.1 Å². The van der Waals surface area contributed by atoms with E-state index in [1.165, 1.54) is 18.3 Å². The molecule has 1 aromatic carbocycles. The lowest BCUT2D eigenvalue weighted by Crippen LogP contribution is -2.09. The van der Waals surface area contributed by atoms with Crippen molar-refractivity contribution in [2.75, 3.05) is 19.0 Å². The van der Waals surface area contributed by atoms with Gasteiger partial charge in [0.25, 0.3) is 0 Å². The lowest BCUT2D eigenvalue weighted by molar-refractivity contribution is 0.0527. The first kappa shape index (κ1) is 13.3. The molecular formula is C14H15FN2O2. The molecule has 0 bridgehead atoms. The number of hydrogen-bond donors (Lipinski definition) is 1. The molecule has 0 atom stereocenters. The van der Waals surface area contributed by atoms with Gasteiger partial charge < -0.3 is 10.1 Å². The van der Waals surface area contributed by atoms with E-state index in [2.05, 4.69) is 10.3 Å². The van der Waals surface area contributed by atoms with Crippen LogP contribution < -0.4 is 5.32 Å². The molecule has 0 saturated heterocycles. The summed E-state index contributed by atoms with van der Waals surface area (Å²) in [5.74, 6) is -0.826. The predicted molar refractivity (Wildman–Crippen MR) is 71.9 cm³/mol. The Morgan fingerprint density at radius 3 is 2.84 bits per heavy atom. The molecule has 0 aliphatic heterocycles. The molecule has 0 amide bonds. The summed E-state index contributed by atoms with van der Waals surface area (Å²) in [5.41, 5.74) is 2.23. The van der Waals surface area contributed by atoms with Crippen LogP contribution in [-0.4, -0.2) is 24.6 Å². The predicted octanol–water partition coefficient (Wildman–Crippen LogP) is 2.90. The average molecular weight is 262 g/mol. The normalized spacial score (nSPS) is 10.5. The van der Waals surface area contributed by atoms with Crippen molar-refractivity contribution >= 4 is 22.6 Å². The zero-order chi connectivity index (χ0) is 14.0. The van der Waals surface area contributed by atoms with Crippen LogP contribution in [0.5, 0.6) is 0 Å². The summed E-state index contributed by atoms with van der Waals surface area (Å²) in [5, 5.41) is 3.50. The monoisotopic (exact) mass is 262 g/mol. The number of esters is 1. The Morgan fingerprint density at radius 1 is 1.47 bits per heavy atom. The Morgan fingerprint density at radius 2 is 2.21 bits per heavy atom. The number of rotatable bonds is 3. The van der Waals surface area contributed by atoms with Crippen LogP contribution in [0.15, 0.2) is 18.3 Å².